The van der Waals surface area contributed by atoms with E-state index in [2.05, 4.69) is 37.0 Å². The predicted octanol–water partition coefficient (Wildman–Crippen LogP) is 5.84. The van der Waals surface area contributed by atoms with E-state index < -0.39 is 0 Å². The first-order valence-electron chi connectivity index (χ1n) is 14.0. The van der Waals surface area contributed by atoms with E-state index in [0.717, 1.165) is 52.2 Å². The molecule has 2 aliphatic carbocycles. The Balaban J connectivity index is 1.41. The number of fused-ring (bicyclic) bond motifs is 7. The lowest BCUT2D eigenvalue weighted by Gasteiger charge is -2.30. The minimum atomic E-state index is -0.193. The number of benzene rings is 1. The van der Waals surface area contributed by atoms with Crippen molar-refractivity contribution in [2.75, 3.05) is 30.9 Å². The molecule has 3 fully saturated rings. The second-order valence-electron chi connectivity index (χ2n) is 11.4. The van der Waals surface area contributed by atoms with Crippen LogP contribution in [0.5, 0.6) is 5.88 Å². The highest BCUT2D eigenvalue weighted by molar-refractivity contribution is 8.00. The Labute approximate surface area is 235 Å². The molecule has 2 saturated carbocycles. The summed E-state index contributed by atoms with van der Waals surface area (Å²) in [5.74, 6) is 2.77. The van der Waals surface area contributed by atoms with Gasteiger partial charge in [-0.15, -0.1) is 0 Å². The first-order chi connectivity index (χ1) is 18.9. The van der Waals surface area contributed by atoms with Gasteiger partial charge in [-0.25, -0.2) is 4.98 Å². The number of allylic oxidation sites excluding steroid dienone is 5. The Morgan fingerprint density at radius 2 is 2.03 bits per heavy atom. The van der Waals surface area contributed by atoms with Crippen molar-refractivity contribution >= 4 is 29.4 Å². The second kappa shape index (κ2) is 10.8. The molecule has 3 heterocycles. The highest BCUT2D eigenvalue weighted by Crippen LogP contribution is 2.53. The summed E-state index contributed by atoms with van der Waals surface area (Å²) in [6.07, 6.45) is 7.54. The van der Waals surface area contributed by atoms with E-state index in [0.29, 0.717) is 36.5 Å². The Morgan fingerprint density at radius 1 is 1.15 bits per heavy atom. The van der Waals surface area contributed by atoms with E-state index in [4.69, 9.17) is 14.7 Å². The minimum absolute atomic E-state index is 0.0540. The summed E-state index contributed by atoms with van der Waals surface area (Å²) in [5, 5.41) is 0. The maximum absolute atomic E-state index is 13.7. The molecule has 8 heteroatoms. The van der Waals surface area contributed by atoms with Gasteiger partial charge < -0.3 is 9.64 Å². The van der Waals surface area contributed by atoms with Gasteiger partial charge in [0.1, 0.15) is 6.10 Å². The molecule has 0 spiro atoms. The van der Waals surface area contributed by atoms with Crippen molar-refractivity contribution in [3.05, 3.63) is 71.5 Å². The zero-order chi connectivity index (χ0) is 27.1. The number of hydrogen-bond donors (Lipinski definition) is 1. The van der Waals surface area contributed by atoms with Gasteiger partial charge in [-0.2, -0.15) is 4.98 Å². The van der Waals surface area contributed by atoms with Gasteiger partial charge in [-0.3, -0.25) is 14.4 Å². The number of hydrogen-bond acceptors (Lipinski definition) is 7. The van der Waals surface area contributed by atoms with Crippen LogP contribution in [0.2, 0.25) is 0 Å². The summed E-state index contributed by atoms with van der Waals surface area (Å²) in [4.78, 5) is 28.8. The second-order valence-corrected chi connectivity index (χ2v) is 12.3. The molecule has 0 radical (unpaired) electrons. The molecule has 6 bridgehead atoms. The number of nitrogens with one attached hydrogen (secondary N) is 1. The van der Waals surface area contributed by atoms with Crippen molar-refractivity contribution in [3.8, 4) is 5.88 Å². The van der Waals surface area contributed by atoms with Crippen LogP contribution in [0.3, 0.4) is 0 Å². The molecule has 6 rings (SSSR count). The fraction of sp³-hybridized carbons (Fsp3) is 0.452. The number of nitrogens with zero attached hydrogens (tertiary/aromatic N) is 4. The predicted molar refractivity (Wildman–Crippen MR) is 157 cm³/mol. The van der Waals surface area contributed by atoms with E-state index in [9.17, 15) is 4.79 Å². The van der Waals surface area contributed by atoms with Gasteiger partial charge in [0.25, 0.3) is 5.91 Å². The highest BCUT2D eigenvalue weighted by Gasteiger charge is 2.50. The average molecular weight is 544 g/mol. The summed E-state index contributed by atoms with van der Waals surface area (Å²) in [6, 6.07) is 10.3. The lowest BCUT2D eigenvalue weighted by atomic mass is 9.99. The van der Waals surface area contributed by atoms with Crippen LogP contribution in [-0.4, -0.2) is 64.0 Å². The third-order valence-corrected chi connectivity index (χ3v) is 9.20. The van der Waals surface area contributed by atoms with Gasteiger partial charge >= 0.3 is 0 Å². The molecule has 4 aliphatic rings. The lowest BCUT2D eigenvalue weighted by Crippen LogP contribution is -2.43. The fourth-order valence-electron chi connectivity index (χ4n) is 6.61. The Kier molecular flexibility index (Phi) is 7.25. The van der Waals surface area contributed by atoms with Crippen LogP contribution in [0.15, 0.2) is 65.1 Å². The summed E-state index contributed by atoms with van der Waals surface area (Å²) in [7, 11) is 0. The monoisotopic (exact) mass is 543 g/mol. The van der Waals surface area contributed by atoms with Crippen LogP contribution in [0.4, 0.5) is 5.95 Å². The Hall–Kier alpha value is -3.10. The Morgan fingerprint density at radius 3 is 2.77 bits per heavy atom. The van der Waals surface area contributed by atoms with Gasteiger partial charge in [0.15, 0.2) is 0 Å². The molecule has 4 atom stereocenters. The third kappa shape index (κ3) is 5.50. The zero-order valence-corrected chi connectivity index (χ0v) is 23.8. The fourth-order valence-corrected chi connectivity index (χ4v) is 7.24. The number of aromatic nitrogens is 2. The maximum atomic E-state index is 13.7. The molecule has 1 aromatic carbocycles. The van der Waals surface area contributed by atoms with Crippen molar-refractivity contribution < 1.29 is 9.53 Å². The smallest absolute Gasteiger partial charge is 0.254 e. The molecule has 7 nitrogen and oxygen atoms in total. The molecule has 2 aromatic rings. The highest BCUT2D eigenvalue weighted by atomic mass is 32.2. The number of ether oxygens (including phenoxy) is 1. The van der Waals surface area contributed by atoms with E-state index in [1.54, 1.807) is 6.08 Å². The van der Waals surface area contributed by atoms with Gasteiger partial charge in [-0.05, 0) is 87.6 Å². The lowest BCUT2D eigenvalue weighted by molar-refractivity contribution is 0.0686. The SMILES string of the molecule is C=C/C=C(/C)C(=C(C)C)c1cc2nc(n1)NSc1cccc(c1)C(=O)N1CCN(C3CCC4CC43)C[C@H](C1)O2. The molecule has 1 saturated heterocycles. The minimum Gasteiger partial charge on any atom is -0.471 e. The molecule has 1 aromatic heterocycles. The van der Waals surface area contributed by atoms with Crippen molar-refractivity contribution in [2.45, 2.75) is 57.1 Å². The van der Waals surface area contributed by atoms with Crippen molar-refractivity contribution in [3.63, 3.8) is 0 Å². The normalized spacial score (nSPS) is 26.6. The summed E-state index contributed by atoms with van der Waals surface area (Å²) in [5.41, 5.74) is 4.78. The van der Waals surface area contributed by atoms with Gasteiger partial charge in [0, 0.05) is 47.8 Å². The quantitative estimate of drug-likeness (QED) is 0.384. The number of anilines is 1. The zero-order valence-electron chi connectivity index (χ0n) is 23.0. The van der Waals surface area contributed by atoms with E-state index in [1.807, 2.05) is 41.3 Å². The standard InChI is InChI=1S/C31H37N5O2S/c1-5-7-20(4)29(19(2)3)26-16-28-33-31(32-26)34-39-24-9-6-8-22(14-24)30(37)36-13-12-35(17-23(18-36)38-28)27-11-10-21-15-25(21)27/h5-9,14,16,21,23,25,27H,1,10-13,15,17-18H2,2-4H3,(H,32,33,34)/b20-7-/t21?,23-,25?,27?/m1/s1. The number of carbonyl (C=O) groups is 1. The summed E-state index contributed by atoms with van der Waals surface area (Å²) >= 11 is 1.40. The summed E-state index contributed by atoms with van der Waals surface area (Å²) in [6.45, 7) is 13.0. The van der Waals surface area contributed by atoms with Gasteiger partial charge in [0.2, 0.25) is 11.8 Å². The molecule has 1 amide bonds. The molecular weight excluding hydrogens is 506 g/mol. The first kappa shape index (κ1) is 26.1. The van der Waals surface area contributed by atoms with Crippen molar-refractivity contribution in [1.29, 1.82) is 0 Å². The molecular formula is C31H37N5O2S. The van der Waals surface area contributed by atoms with E-state index >= 15 is 0 Å². The number of carbonyl (C=O) groups excluding carboxylic acids is 1. The molecule has 1 N–H and O–H groups in total. The van der Waals surface area contributed by atoms with Crippen LogP contribution in [-0.2, 0) is 0 Å². The van der Waals surface area contributed by atoms with Crippen LogP contribution in [0, 0.1) is 11.8 Å². The molecule has 3 unspecified atom stereocenters. The van der Waals surface area contributed by atoms with E-state index in [-0.39, 0.29) is 12.0 Å². The molecule has 204 valence electrons. The van der Waals surface area contributed by atoms with Crippen LogP contribution < -0.4 is 9.46 Å². The van der Waals surface area contributed by atoms with Crippen LogP contribution >= 0.6 is 11.9 Å². The Bertz CT molecular complexity index is 1350. The topological polar surface area (TPSA) is 70.6 Å². The maximum Gasteiger partial charge on any atom is 0.254 e. The molecule has 39 heavy (non-hydrogen) atoms. The number of rotatable bonds is 4. The number of amides is 1. The van der Waals surface area contributed by atoms with Crippen LogP contribution in [0.1, 0.15) is 56.1 Å². The first-order valence-corrected chi connectivity index (χ1v) is 14.8. The third-order valence-electron chi connectivity index (χ3n) is 8.43. The van der Waals surface area contributed by atoms with Crippen molar-refractivity contribution in [2.24, 2.45) is 11.8 Å². The largest absolute Gasteiger partial charge is 0.471 e. The van der Waals surface area contributed by atoms with E-state index in [1.165, 1.54) is 31.2 Å². The molecule has 2 aliphatic heterocycles. The summed E-state index contributed by atoms with van der Waals surface area (Å²) < 4.78 is 9.98. The van der Waals surface area contributed by atoms with Crippen molar-refractivity contribution in [1.82, 2.24) is 19.8 Å². The van der Waals surface area contributed by atoms with Gasteiger partial charge in [0.05, 0.1) is 12.2 Å². The van der Waals surface area contributed by atoms with Crippen LogP contribution in [0.25, 0.3) is 5.57 Å². The average Bonchev–Trinajstić information content (AvgIpc) is 3.62. The van der Waals surface area contributed by atoms with Gasteiger partial charge in [-0.1, -0.05) is 30.4 Å².